The summed E-state index contributed by atoms with van der Waals surface area (Å²) in [7, 11) is -3.42. The van der Waals surface area contributed by atoms with Gasteiger partial charge in [-0.15, -0.1) is 0 Å². The fourth-order valence-electron chi connectivity index (χ4n) is 4.85. The maximum absolute atomic E-state index is 12.9. The number of hydrogen-bond acceptors (Lipinski definition) is 4. The molecule has 0 unspecified atom stereocenters. The second kappa shape index (κ2) is 10.5. The number of carbonyl (C=O) groups is 2. The minimum Gasteiger partial charge on any atom is -0.342 e. The Kier molecular flexibility index (Phi) is 7.67. The molecular formula is C27H31ClN2O4S. The molecule has 186 valence electrons. The van der Waals surface area contributed by atoms with Crippen molar-refractivity contribution in [2.24, 2.45) is 5.92 Å². The molecule has 0 atom stereocenters. The molecule has 1 saturated heterocycles. The Morgan fingerprint density at radius 3 is 2.43 bits per heavy atom. The Hall–Kier alpha value is -2.64. The van der Waals surface area contributed by atoms with Gasteiger partial charge in [0, 0.05) is 41.5 Å². The standard InChI is InChI=1S/C27H31ClN2O4S/c1-18-22(14-19-10-12-30(13-11-19)27(32)20-6-3-4-7-20)15-23(28)17-25(18)29-26(31)21-8-5-9-24(16-21)35(2,33)34/h5,8-9,14-17,20H,3-4,6-7,10-13H2,1-2H3,(H,29,31). The van der Waals surface area contributed by atoms with Gasteiger partial charge in [0.15, 0.2) is 9.84 Å². The SMILES string of the molecule is Cc1c(C=C2CCN(C(=O)C3CCCC3)CC2)cc(Cl)cc1NC(=O)c1cccc(S(C)(=O)=O)c1. The van der Waals surface area contributed by atoms with Gasteiger partial charge in [-0.3, -0.25) is 9.59 Å². The number of amides is 2. The summed E-state index contributed by atoms with van der Waals surface area (Å²) in [5.74, 6) is 0.114. The van der Waals surface area contributed by atoms with Crippen LogP contribution in [0.15, 0.2) is 46.9 Å². The molecule has 8 heteroatoms. The van der Waals surface area contributed by atoms with E-state index in [0.717, 1.165) is 69.0 Å². The van der Waals surface area contributed by atoms with Crippen LogP contribution in [0.25, 0.3) is 6.08 Å². The van der Waals surface area contributed by atoms with Crippen LogP contribution >= 0.6 is 11.6 Å². The van der Waals surface area contributed by atoms with Crippen LogP contribution in [0, 0.1) is 12.8 Å². The van der Waals surface area contributed by atoms with E-state index in [4.69, 9.17) is 11.6 Å². The lowest BCUT2D eigenvalue weighted by Gasteiger charge is -2.30. The molecule has 2 aromatic rings. The zero-order chi connectivity index (χ0) is 25.2. The highest BCUT2D eigenvalue weighted by atomic mass is 35.5. The van der Waals surface area contributed by atoms with E-state index in [0.29, 0.717) is 16.6 Å². The number of carbonyl (C=O) groups excluding carboxylic acids is 2. The number of nitrogens with one attached hydrogen (secondary N) is 1. The van der Waals surface area contributed by atoms with Crippen molar-refractivity contribution in [1.82, 2.24) is 4.90 Å². The number of sulfone groups is 1. The maximum Gasteiger partial charge on any atom is 0.255 e. The highest BCUT2D eigenvalue weighted by molar-refractivity contribution is 7.90. The highest BCUT2D eigenvalue weighted by Gasteiger charge is 2.28. The molecule has 0 spiro atoms. The molecule has 4 rings (SSSR count). The van der Waals surface area contributed by atoms with Crippen LogP contribution in [-0.2, 0) is 14.6 Å². The number of piperidine rings is 1. The summed E-state index contributed by atoms with van der Waals surface area (Å²) >= 11 is 6.38. The van der Waals surface area contributed by atoms with E-state index in [1.165, 1.54) is 17.7 Å². The monoisotopic (exact) mass is 514 g/mol. The maximum atomic E-state index is 12.9. The van der Waals surface area contributed by atoms with Gasteiger partial charge in [0.1, 0.15) is 0 Å². The van der Waals surface area contributed by atoms with Crippen LogP contribution < -0.4 is 5.32 Å². The van der Waals surface area contributed by atoms with Gasteiger partial charge in [0.2, 0.25) is 5.91 Å². The van der Waals surface area contributed by atoms with Crippen molar-refractivity contribution in [3.63, 3.8) is 0 Å². The van der Waals surface area contributed by atoms with Crippen LogP contribution in [0.4, 0.5) is 5.69 Å². The van der Waals surface area contributed by atoms with Gasteiger partial charge in [-0.2, -0.15) is 0 Å². The molecule has 1 N–H and O–H groups in total. The predicted molar refractivity (Wildman–Crippen MR) is 139 cm³/mol. The Morgan fingerprint density at radius 1 is 1.09 bits per heavy atom. The van der Waals surface area contributed by atoms with Gasteiger partial charge in [-0.25, -0.2) is 8.42 Å². The molecule has 2 amide bonds. The largest absolute Gasteiger partial charge is 0.342 e. The lowest BCUT2D eigenvalue weighted by atomic mass is 9.96. The number of halogens is 1. The Bertz CT molecular complexity index is 1270. The van der Waals surface area contributed by atoms with E-state index < -0.39 is 15.7 Å². The second-order valence-electron chi connectivity index (χ2n) is 9.53. The third-order valence-corrected chi connectivity index (χ3v) is 8.30. The minimum absolute atomic E-state index is 0.0937. The zero-order valence-electron chi connectivity index (χ0n) is 20.1. The Labute approximate surface area is 212 Å². The molecule has 2 aromatic carbocycles. The number of hydrogen-bond donors (Lipinski definition) is 1. The lowest BCUT2D eigenvalue weighted by molar-refractivity contribution is -0.135. The number of benzene rings is 2. The summed E-state index contributed by atoms with van der Waals surface area (Å²) in [4.78, 5) is 27.7. The van der Waals surface area contributed by atoms with Crippen LogP contribution in [-0.4, -0.2) is 44.5 Å². The fourth-order valence-corrected chi connectivity index (χ4v) is 5.75. The summed E-state index contributed by atoms with van der Waals surface area (Å²) in [6.45, 7) is 3.39. The van der Waals surface area contributed by atoms with Gasteiger partial charge in [-0.05, 0) is 74.1 Å². The normalized spacial score (nSPS) is 16.9. The summed E-state index contributed by atoms with van der Waals surface area (Å²) in [5.41, 5.74) is 3.88. The van der Waals surface area contributed by atoms with Gasteiger partial charge in [0.05, 0.1) is 4.90 Å². The van der Waals surface area contributed by atoms with Crippen molar-refractivity contribution in [3.8, 4) is 0 Å². The first-order valence-electron chi connectivity index (χ1n) is 12.0. The zero-order valence-corrected chi connectivity index (χ0v) is 21.7. The molecule has 6 nitrogen and oxygen atoms in total. The molecule has 2 fully saturated rings. The molecule has 35 heavy (non-hydrogen) atoms. The molecule has 1 heterocycles. The van der Waals surface area contributed by atoms with E-state index in [1.807, 2.05) is 17.9 Å². The fraction of sp³-hybridized carbons (Fsp3) is 0.407. The van der Waals surface area contributed by atoms with Crippen LogP contribution in [0.2, 0.25) is 5.02 Å². The molecule has 2 aliphatic rings. The first kappa shape index (κ1) is 25.5. The van der Waals surface area contributed by atoms with Crippen molar-refractivity contribution < 1.29 is 18.0 Å². The molecule has 1 aliphatic heterocycles. The van der Waals surface area contributed by atoms with Crippen LogP contribution in [0.1, 0.15) is 60.0 Å². The van der Waals surface area contributed by atoms with Crippen LogP contribution in [0.5, 0.6) is 0 Å². The van der Waals surface area contributed by atoms with Crippen LogP contribution in [0.3, 0.4) is 0 Å². The molecule has 1 saturated carbocycles. The summed E-state index contributed by atoms with van der Waals surface area (Å²) in [6.07, 6.45) is 9.23. The van der Waals surface area contributed by atoms with E-state index in [9.17, 15) is 18.0 Å². The first-order valence-corrected chi connectivity index (χ1v) is 14.3. The highest BCUT2D eigenvalue weighted by Crippen LogP contribution is 2.31. The van der Waals surface area contributed by atoms with Gasteiger partial charge < -0.3 is 10.2 Å². The van der Waals surface area contributed by atoms with E-state index in [-0.39, 0.29) is 16.4 Å². The molecule has 1 aliphatic carbocycles. The summed E-state index contributed by atoms with van der Waals surface area (Å²) in [5, 5.41) is 3.37. The third-order valence-electron chi connectivity index (χ3n) is 6.97. The van der Waals surface area contributed by atoms with Crippen molar-refractivity contribution in [1.29, 1.82) is 0 Å². The smallest absolute Gasteiger partial charge is 0.255 e. The molecular weight excluding hydrogens is 484 g/mol. The summed E-state index contributed by atoms with van der Waals surface area (Å²) in [6, 6.07) is 9.53. The first-order chi connectivity index (χ1) is 16.6. The predicted octanol–water partition coefficient (Wildman–Crippen LogP) is 5.50. The molecule has 0 radical (unpaired) electrons. The average Bonchev–Trinajstić information content (AvgIpc) is 3.36. The van der Waals surface area contributed by atoms with E-state index >= 15 is 0 Å². The van der Waals surface area contributed by atoms with E-state index in [1.54, 1.807) is 18.2 Å². The second-order valence-corrected chi connectivity index (χ2v) is 12.0. The van der Waals surface area contributed by atoms with E-state index in [2.05, 4.69) is 11.4 Å². The Balaban J connectivity index is 1.48. The minimum atomic E-state index is -3.42. The number of nitrogens with zero attached hydrogens (tertiary/aromatic N) is 1. The van der Waals surface area contributed by atoms with Gasteiger partial charge in [-0.1, -0.05) is 42.2 Å². The Morgan fingerprint density at radius 2 is 1.77 bits per heavy atom. The van der Waals surface area contributed by atoms with Gasteiger partial charge in [0.25, 0.3) is 5.91 Å². The van der Waals surface area contributed by atoms with Crippen molar-refractivity contribution in [3.05, 3.63) is 63.7 Å². The molecule has 0 bridgehead atoms. The van der Waals surface area contributed by atoms with Gasteiger partial charge >= 0.3 is 0 Å². The number of anilines is 1. The molecule has 0 aromatic heterocycles. The van der Waals surface area contributed by atoms with Crippen molar-refractivity contribution in [2.75, 3.05) is 24.7 Å². The quantitative estimate of drug-likeness (QED) is 0.571. The number of likely N-dealkylation sites (tertiary alicyclic amines) is 1. The topological polar surface area (TPSA) is 83.6 Å². The third kappa shape index (κ3) is 6.14. The number of rotatable bonds is 5. The lowest BCUT2D eigenvalue weighted by Crippen LogP contribution is -2.39. The summed E-state index contributed by atoms with van der Waals surface area (Å²) < 4.78 is 23.7. The average molecular weight is 515 g/mol. The van der Waals surface area contributed by atoms with Crippen molar-refractivity contribution in [2.45, 2.75) is 50.3 Å². The van der Waals surface area contributed by atoms with Crippen molar-refractivity contribution >= 4 is 45.0 Å².